The van der Waals surface area contributed by atoms with Crippen molar-refractivity contribution in [3.05, 3.63) is 69.5 Å². The second-order valence-electron chi connectivity index (χ2n) is 4.26. The zero-order chi connectivity index (χ0) is 13.3. The van der Waals surface area contributed by atoms with Gasteiger partial charge in [-0.15, -0.1) is 0 Å². The van der Waals surface area contributed by atoms with E-state index in [1.54, 1.807) is 50.2 Å². The van der Waals surface area contributed by atoms with Crippen LogP contribution in [-0.4, -0.2) is 5.78 Å². The van der Waals surface area contributed by atoms with Gasteiger partial charge in [-0.3, -0.25) is 4.79 Å². The third-order valence-corrected chi connectivity index (χ3v) is 3.06. The molecule has 18 heavy (non-hydrogen) atoms. The number of aryl methyl sites for hydroxylation is 2. The van der Waals surface area contributed by atoms with Crippen molar-refractivity contribution in [2.24, 2.45) is 0 Å². The normalized spacial score (nSPS) is 10.4. The van der Waals surface area contributed by atoms with Crippen molar-refractivity contribution >= 4 is 17.4 Å². The molecule has 0 aliphatic carbocycles. The summed E-state index contributed by atoms with van der Waals surface area (Å²) >= 11 is 5.77. The molecule has 0 radical (unpaired) electrons. The molecular weight excluding hydrogens is 251 g/mol. The molecule has 0 atom stereocenters. The topological polar surface area (TPSA) is 17.1 Å². The average molecular weight is 263 g/mol. The van der Waals surface area contributed by atoms with Crippen molar-refractivity contribution in [1.82, 2.24) is 0 Å². The summed E-state index contributed by atoms with van der Waals surface area (Å²) in [5.41, 5.74) is 2.00. The molecule has 0 aliphatic rings. The minimum Gasteiger partial charge on any atom is -0.289 e. The van der Waals surface area contributed by atoms with E-state index in [9.17, 15) is 9.18 Å². The third-order valence-electron chi connectivity index (χ3n) is 2.81. The van der Waals surface area contributed by atoms with Gasteiger partial charge in [0.1, 0.15) is 5.82 Å². The Morgan fingerprint density at radius 3 is 2.00 bits per heavy atom. The Morgan fingerprint density at radius 1 is 1.00 bits per heavy atom. The van der Waals surface area contributed by atoms with E-state index in [0.717, 1.165) is 0 Å². The van der Waals surface area contributed by atoms with Crippen molar-refractivity contribution in [3.8, 4) is 0 Å². The van der Waals surface area contributed by atoms with Crippen molar-refractivity contribution < 1.29 is 9.18 Å². The number of ketones is 1. The first-order valence-electron chi connectivity index (χ1n) is 5.56. The highest BCUT2D eigenvalue weighted by molar-refractivity contribution is 6.30. The summed E-state index contributed by atoms with van der Waals surface area (Å²) in [6.07, 6.45) is 0. The second kappa shape index (κ2) is 4.91. The van der Waals surface area contributed by atoms with Crippen LogP contribution in [0, 0.1) is 19.7 Å². The standard InChI is InChI=1S/C15H12ClFO/c1-9-7-12(8-10(2)14(9)17)15(18)11-3-5-13(16)6-4-11/h3-8H,1-2H3. The number of halogens is 2. The Bertz CT molecular complexity index is 579. The maximum Gasteiger partial charge on any atom is 0.193 e. The zero-order valence-electron chi connectivity index (χ0n) is 10.1. The van der Waals surface area contributed by atoms with E-state index >= 15 is 0 Å². The lowest BCUT2D eigenvalue weighted by atomic mass is 9.99. The summed E-state index contributed by atoms with van der Waals surface area (Å²) in [6, 6.07) is 9.80. The van der Waals surface area contributed by atoms with Crippen LogP contribution in [0.25, 0.3) is 0 Å². The fourth-order valence-corrected chi connectivity index (χ4v) is 1.97. The monoisotopic (exact) mass is 262 g/mol. The number of hydrogen-bond donors (Lipinski definition) is 0. The van der Waals surface area contributed by atoms with Gasteiger partial charge in [-0.05, 0) is 61.4 Å². The van der Waals surface area contributed by atoms with Crippen LogP contribution in [-0.2, 0) is 0 Å². The molecule has 0 unspecified atom stereocenters. The van der Waals surface area contributed by atoms with Crippen LogP contribution in [0.4, 0.5) is 4.39 Å². The highest BCUT2D eigenvalue weighted by atomic mass is 35.5. The SMILES string of the molecule is Cc1cc(C(=O)c2ccc(Cl)cc2)cc(C)c1F. The molecule has 0 bridgehead atoms. The van der Waals surface area contributed by atoms with Crippen LogP contribution in [0.1, 0.15) is 27.0 Å². The van der Waals surface area contributed by atoms with Gasteiger partial charge in [0.2, 0.25) is 0 Å². The summed E-state index contributed by atoms with van der Waals surface area (Å²) in [6.45, 7) is 3.31. The smallest absolute Gasteiger partial charge is 0.193 e. The molecule has 2 aromatic rings. The van der Waals surface area contributed by atoms with Crippen LogP contribution in [0.5, 0.6) is 0 Å². The zero-order valence-corrected chi connectivity index (χ0v) is 10.9. The van der Waals surface area contributed by atoms with Crippen LogP contribution in [0.3, 0.4) is 0 Å². The summed E-state index contributed by atoms with van der Waals surface area (Å²) < 4.78 is 13.5. The molecular formula is C15H12ClFO. The lowest BCUT2D eigenvalue weighted by Crippen LogP contribution is -2.03. The van der Waals surface area contributed by atoms with Crippen LogP contribution in [0.15, 0.2) is 36.4 Å². The van der Waals surface area contributed by atoms with Crippen molar-refractivity contribution in [2.45, 2.75) is 13.8 Å². The molecule has 0 fully saturated rings. The first kappa shape index (κ1) is 12.8. The Morgan fingerprint density at radius 2 is 1.50 bits per heavy atom. The minimum absolute atomic E-state index is 0.127. The number of benzene rings is 2. The summed E-state index contributed by atoms with van der Waals surface area (Å²) in [5.74, 6) is -0.388. The van der Waals surface area contributed by atoms with Gasteiger partial charge < -0.3 is 0 Å². The molecule has 0 saturated heterocycles. The fraction of sp³-hybridized carbons (Fsp3) is 0.133. The van der Waals surface area contributed by atoms with Crippen molar-refractivity contribution in [1.29, 1.82) is 0 Å². The maximum atomic E-state index is 13.5. The first-order chi connectivity index (χ1) is 8.49. The highest BCUT2D eigenvalue weighted by Gasteiger charge is 2.12. The van der Waals surface area contributed by atoms with Gasteiger partial charge in [-0.2, -0.15) is 0 Å². The minimum atomic E-state index is -0.261. The highest BCUT2D eigenvalue weighted by Crippen LogP contribution is 2.18. The Kier molecular flexibility index (Phi) is 3.48. The Balaban J connectivity index is 2.43. The van der Waals surface area contributed by atoms with E-state index in [4.69, 9.17) is 11.6 Å². The van der Waals surface area contributed by atoms with Gasteiger partial charge in [0.05, 0.1) is 0 Å². The summed E-state index contributed by atoms with van der Waals surface area (Å²) in [7, 11) is 0. The Hall–Kier alpha value is -1.67. The predicted molar refractivity (Wildman–Crippen MR) is 70.8 cm³/mol. The summed E-state index contributed by atoms with van der Waals surface area (Å²) in [5, 5.41) is 0.581. The van der Waals surface area contributed by atoms with Gasteiger partial charge in [0, 0.05) is 16.1 Å². The molecule has 1 nitrogen and oxygen atoms in total. The van der Waals surface area contributed by atoms with Crippen LogP contribution in [0.2, 0.25) is 5.02 Å². The lowest BCUT2D eigenvalue weighted by Gasteiger charge is -2.06. The largest absolute Gasteiger partial charge is 0.289 e. The summed E-state index contributed by atoms with van der Waals surface area (Å²) in [4.78, 5) is 12.2. The third kappa shape index (κ3) is 2.44. The van der Waals surface area contributed by atoms with Crippen LogP contribution < -0.4 is 0 Å². The van der Waals surface area contributed by atoms with E-state index in [1.807, 2.05) is 0 Å². The number of hydrogen-bond acceptors (Lipinski definition) is 1. The van der Waals surface area contributed by atoms with Gasteiger partial charge in [-0.1, -0.05) is 11.6 Å². The van der Waals surface area contributed by atoms with E-state index in [0.29, 0.717) is 27.3 Å². The molecule has 92 valence electrons. The fourth-order valence-electron chi connectivity index (χ4n) is 1.84. The van der Waals surface area contributed by atoms with E-state index in [-0.39, 0.29) is 11.6 Å². The van der Waals surface area contributed by atoms with E-state index in [1.165, 1.54) is 0 Å². The van der Waals surface area contributed by atoms with Crippen molar-refractivity contribution in [3.63, 3.8) is 0 Å². The first-order valence-corrected chi connectivity index (χ1v) is 5.94. The predicted octanol–water partition coefficient (Wildman–Crippen LogP) is 4.33. The van der Waals surface area contributed by atoms with Gasteiger partial charge >= 0.3 is 0 Å². The number of carbonyl (C=O) groups excluding carboxylic acids is 1. The van der Waals surface area contributed by atoms with Gasteiger partial charge in [0.15, 0.2) is 5.78 Å². The lowest BCUT2D eigenvalue weighted by molar-refractivity contribution is 0.103. The molecule has 0 N–H and O–H groups in total. The molecule has 2 aromatic carbocycles. The van der Waals surface area contributed by atoms with E-state index in [2.05, 4.69) is 0 Å². The molecule has 2 rings (SSSR count). The Labute approximate surface area is 110 Å². The quantitative estimate of drug-likeness (QED) is 0.737. The molecule has 0 saturated carbocycles. The second-order valence-corrected chi connectivity index (χ2v) is 4.70. The molecule has 0 spiro atoms. The van der Waals surface area contributed by atoms with Gasteiger partial charge in [0.25, 0.3) is 0 Å². The number of carbonyl (C=O) groups is 1. The molecule has 0 aliphatic heterocycles. The van der Waals surface area contributed by atoms with Gasteiger partial charge in [-0.25, -0.2) is 4.39 Å². The molecule has 3 heteroatoms. The van der Waals surface area contributed by atoms with Crippen molar-refractivity contribution in [2.75, 3.05) is 0 Å². The maximum absolute atomic E-state index is 13.5. The average Bonchev–Trinajstić information content (AvgIpc) is 2.35. The number of rotatable bonds is 2. The molecule has 0 amide bonds. The molecule has 0 aromatic heterocycles. The van der Waals surface area contributed by atoms with E-state index < -0.39 is 0 Å². The van der Waals surface area contributed by atoms with Crippen LogP contribution >= 0.6 is 11.6 Å². The molecule has 0 heterocycles.